The summed E-state index contributed by atoms with van der Waals surface area (Å²) in [5.41, 5.74) is 6.96. The van der Waals surface area contributed by atoms with Crippen LogP contribution in [0.25, 0.3) is 0 Å². The summed E-state index contributed by atoms with van der Waals surface area (Å²) in [5.74, 6) is 0.478. The second-order valence-electron chi connectivity index (χ2n) is 4.11. The SMILES string of the molecule is CN1CC(C(N)=NCc2ccccc2)NC1=O. The summed E-state index contributed by atoms with van der Waals surface area (Å²) >= 11 is 0. The summed E-state index contributed by atoms with van der Waals surface area (Å²) in [6, 6.07) is 9.61. The number of nitrogens with zero attached hydrogens (tertiary/aromatic N) is 2. The van der Waals surface area contributed by atoms with Crippen molar-refractivity contribution >= 4 is 11.9 Å². The van der Waals surface area contributed by atoms with Gasteiger partial charge in [-0.25, -0.2) is 4.79 Å². The Hall–Kier alpha value is -2.04. The summed E-state index contributed by atoms with van der Waals surface area (Å²) in [6.45, 7) is 1.12. The first kappa shape index (κ1) is 11.4. The van der Waals surface area contributed by atoms with Gasteiger partial charge in [-0.3, -0.25) is 4.99 Å². The molecule has 3 N–H and O–H groups in total. The molecule has 5 nitrogen and oxygen atoms in total. The number of amides is 2. The van der Waals surface area contributed by atoms with Crippen molar-refractivity contribution in [1.29, 1.82) is 0 Å². The van der Waals surface area contributed by atoms with Crippen LogP contribution in [-0.4, -0.2) is 36.4 Å². The van der Waals surface area contributed by atoms with E-state index in [0.29, 0.717) is 18.9 Å². The maximum atomic E-state index is 11.3. The van der Waals surface area contributed by atoms with Gasteiger partial charge in [0.15, 0.2) is 0 Å². The Balaban J connectivity index is 1.96. The molecule has 1 heterocycles. The Kier molecular flexibility index (Phi) is 3.27. The molecule has 1 aromatic carbocycles. The Morgan fingerprint density at radius 2 is 2.24 bits per heavy atom. The standard InChI is InChI=1S/C12H16N4O/c1-16-8-10(15-12(16)17)11(13)14-7-9-5-3-2-4-6-9/h2-6,10H,7-8H2,1H3,(H2,13,14)(H,15,17). The molecule has 0 aliphatic carbocycles. The molecule has 5 heteroatoms. The van der Waals surface area contributed by atoms with E-state index in [1.54, 1.807) is 11.9 Å². The van der Waals surface area contributed by atoms with E-state index in [-0.39, 0.29) is 12.1 Å². The lowest BCUT2D eigenvalue weighted by Crippen LogP contribution is -2.39. The van der Waals surface area contributed by atoms with E-state index in [4.69, 9.17) is 5.73 Å². The summed E-state index contributed by atoms with van der Waals surface area (Å²) in [5, 5.41) is 2.77. The number of carbonyl (C=O) groups excluding carboxylic acids is 1. The highest BCUT2D eigenvalue weighted by Gasteiger charge is 2.27. The van der Waals surface area contributed by atoms with Crippen LogP contribution in [0.1, 0.15) is 5.56 Å². The number of rotatable bonds is 3. The Bertz CT molecular complexity index is 429. The van der Waals surface area contributed by atoms with E-state index in [1.165, 1.54) is 0 Å². The summed E-state index contributed by atoms with van der Waals surface area (Å²) < 4.78 is 0. The van der Waals surface area contributed by atoms with Crippen molar-refractivity contribution in [2.45, 2.75) is 12.6 Å². The van der Waals surface area contributed by atoms with Gasteiger partial charge >= 0.3 is 6.03 Å². The average Bonchev–Trinajstić information content (AvgIpc) is 2.68. The van der Waals surface area contributed by atoms with Gasteiger partial charge < -0.3 is 16.0 Å². The zero-order chi connectivity index (χ0) is 12.3. The minimum atomic E-state index is -0.170. The first-order valence-electron chi connectivity index (χ1n) is 5.52. The van der Waals surface area contributed by atoms with Crippen LogP contribution in [0.3, 0.4) is 0 Å². The Labute approximate surface area is 100 Å². The molecule has 17 heavy (non-hydrogen) atoms. The largest absolute Gasteiger partial charge is 0.386 e. The zero-order valence-electron chi connectivity index (χ0n) is 9.76. The number of benzene rings is 1. The molecule has 1 atom stereocenters. The van der Waals surface area contributed by atoms with Gasteiger partial charge in [-0.2, -0.15) is 0 Å². The van der Waals surface area contributed by atoms with Crippen molar-refractivity contribution in [3.05, 3.63) is 35.9 Å². The quantitative estimate of drug-likeness (QED) is 0.590. The van der Waals surface area contributed by atoms with Crippen LogP contribution < -0.4 is 11.1 Å². The predicted octanol–water partition coefficient (Wildman–Crippen LogP) is 0.567. The number of likely N-dealkylation sites (N-methyl/N-ethyl adjacent to an activating group) is 1. The molecule has 0 spiro atoms. The van der Waals surface area contributed by atoms with Crippen molar-refractivity contribution in [3.8, 4) is 0 Å². The van der Waals surface area contributed by atoms with E-state index >= 15 is 0 Å². The van der Waals surface area contributed by atoms with Crippen LogP contribution in [0.2, 0.25) is 0 Å². The number of urea groups is 1. The third kappa shape index (κ3) is 2.75. The number of hydrogen-bond acceptors (Lipinski definition) is 2. The van der Waals surface area contributed by atoms with E-state index in [2.05, 4.69) is 10.3 Å². The molecule has 90 valence electrons. The summed E-state index contributed by atoms with van der Waals surface area (Å²) in [6.07, 6.45) is 0. The highest BCUT2D eigenvalue weighted by molar-refractivity contribution is 5.92. The first-order chi connectivity index (χ1) is 8.16. The summed E-state index contributed by atoms with van der Waals surface area (Å²) in [7, 11) is 1.74. The van der Waals surface area contributed by atoms with E-state index < -0.39 is 0 Å². The number of hydrogen-bond donors (Lipinski definition) is 2. The number of amidine groups is 1. The van der Waals surface area contributed by atoms with Gasteiger partial charge in [0.05, 0.1) is 6.54 Å². The fourth-order valence-electron chi connectivity index (χ4n) is 1.71. The van der Waals surface area contributed by atoms with Crippen LogP contribution >= 0.6 is 0 Å². The highest BCUT2D eigenvalue weighted by atomic mass is 16.2. The predicted molar refractivity (Wildman–Crippen MR) is 66.7 cm³/mol. The van der Waals surface area contributed by atoms with Crippen molar-refractivity contribution in [2.24, 2.45) is 10.7 Å². The smallest absolute Gasteiger partial charge is 0.317 e. The molecule has 0 aromatic heterocycles. The molecule has 2 rings (SSSR count). The average molecular weight is 232 g/mol. The van der Waals surface area contributed by atoms with E-state index in [9.17, 15) is 4.79 Å². The van der Waals surface area contributed by atoms with Crippen LogP contribution in [0.15, 0.2) is 35.3 Å². The molecule has 1 saturated heterocycles. The normalized spacial score (nSPS) is 20.5. The molecule has 1 aliphatic heterocycles. The molecule has 1 fully saturated rings. The van der Waals surface area contributed by atoms with Gasteiger partial charge in [0.1, 0.15) is 11.9 Å². The van der Waals surface area contributed by atoms with Gasteiger partial charge in [-0.1, -0.05) is 30.3 Å². The second kappa shape index (κ2) is 4.86. The molecule has 1 aliphatic rings. The van der Waals surface area contributed by atoms with Crippen LogP contribution in [0, 0.1) is 0 Å². The topological polar surface area (TPSA) is 70.7 Å². The highest BCUT2D eigenvalue weighted by Crippen LogP contribution is 2.04. The number of nitrogens with one attached hydrogen (secondary N) is 1. The minimum Gasteiger partial charge on any atom is -0.386 e. The molecular formula is C12H16N4O. The Morgan fingerprint density at radius 1 is 1.53 bits per heavy atom. The third-order valence-corrected chi connectivity index (χ3v) is 2.74. The van der Waals surface area contributed by atoms with Gasteiger partial charge in [-0.05, 0) is 5.56 Å². The monoisotopic (exact) mass is 232 g/mol. The number of aliphatic imine (C=N–C) groups is 1. The molecule has 0 bridgehead atoms. The van der Waals surface area contributed by atoms with E-state index in [1.807, 2.05) is 30.3 Å². The molecular weight excluding hydrogens is 216 g/mol. The van der Waals surface area contributed by atoms with Gasteiger partial charge in [0, 0.05) is 13.6 Å². The van der Waals surface area contributed by atoms with Crippen molar-refractivity contribution < 1.29 is 4.79 Å². The maximum Gasteiger partial charge on any atom is 0.317 e. The Morgan fingerprint density at radius 3 is 2.82 bits per heavy atom. The lowest BCUT2D eigenvalue weighted by Gasteiger charge is -2.08. The fraction of sp³-hybridized carbons (Fsp3) is 0.333. The van der Waals surface area contributed by atoms with Crippen LogP contribution in [0.5, 0.6) is 0 Å². The molecule has 2 amide bonds. The zero-order valence-corrected chi connectivity index (χ0v) is 9.76. The fourth-order valence-corrected chi connectivity index (χ4v) is 1.71. The van der Waals surface area contributed by atoms with Crippen LogP contribution in [-0.2, 0) is 6.54 Å². The second-order valence-corrected chi connectivity index (χ2v) is 4.11. The van der Waals surface area contributed by atoms with Gasteiger partial charge in [0.25, 0.3) is 0 Å². The van der Waals surface area contributed by atoms with E-state index in [0.717, 1.165) is 5.56 Å². The number of carbonyl (C=O) groups is 1. The molecule has 1 aromatic rings. The van der Waals surface area contributed by atoms with Gasteiger partial charge in [0.2, 0.25) is 0 Å². The minimum absolute atomic E-state index is 0.104. The van der Waals surface area contributed by atoms with Crippen molar-refractivity contribution in [1.82, 2.24) is 10.2 Å². The van der Waals surface area contributed by atoms with Crippen LogP contribution in [0.4, 0.5) is 4.79 Å². The van der Waals surface area contributed by atoms with Crippen molar-refractivity contribution in [2.75, 3.05) is 13.6 Å². The summed E-state index contributed by atoms with van der Waals surface area (Å²) in [4.78, 5) is 17.2. The molecule has 1 unspecified atom stereocenters. The van der Waals surface area contributed by atoms with Gasteiger partial charge in [-0.15, -0.1) is 0 Å². The lowest BCUT2D eigenvalue weighted by atomic mass is 10.2. The number of nitrogens with two attached hydrogens (primary N) is 1. The first-order valence-corrected chi connectivity index (χ1v) is 5.52. The maximum absolute atomic E-state index is 11.3. The van der Waals surface area contributed by atoms with Crippen molar-refractivity contribution in [3.63, 3.8) is 0 Å². The lowest BCUT2D eigenvalue weighted by molar-refractivity contribution is 0.226. The molecule has 0 radical (unpaired) electrons. The third-order valence-electron chi connectivity index (χ3n) is 2.74. The molecule has 0 saturated carbocycles.